The highest BCUT2D eigenvalue weighted by Crippen LogP contribution is 2.17. The van der Waals surface area contributed by atoms with Crippen molar-refractivity contribution in [2.75, 3.05) is 6.54 Å². The first-order valence-corrected chi connectivity index (χ1v) is 6.81. The lowest BCUT2D eigenvalue weighted by molar-refractivity contribution is 0.557. The van der Waals surface area contributed by atoms with Crippen molar-refractivity contribution >= 4 is 0 Å². The monoisotopic (exact) mass is 286 g/mol. The van der Waals surface area contributed by atoms with Crippen molar-refractivity contribution in [1.29, 1.82) is 5.26 Å². The molecule has 0 bridgehead atoms. The average molecular weight is 286 g/mol. The van der Waals surface area contributed by atoms with Gasteiger partial charge in [-0.05, 0) is 43.7 Å². The Morgan fingerprint density at radius 2 is 2.05 bits per heavy atom. The van der Waals surface area contributed by atoms with Gasteiger partial charge in [-0.15, -0.1) is 0 Å². The zero-order chi connectivity index (χ0) is 15.2. The molecule has 7 heteroatoms. The van der Waals surface area contributed by atoms with Crippen LogP contribution in [0.2, 0.25) is 0 Å². The Labute approximate surface area is 122 Å². The third-order valence-electron chi connectivity index (χ3n) is 3.25. The predicted octanol–water partition coefficient (Wildman–Crippen LogP) is 0.561. The molecule has 0 radical (unpaired) electrons. The molecule has 0 amide bonds. The zero-order valence-corrected chi connectivity index (χ0v) is 11.6. The molecule has 1 aromatic carbocycles. The van der Waals surface area contributed by atoms with E-state index in [1.807, 2.05) is 6.07 Å². The van der Waals surface area contributed by atoms with E-state index in [4.69, 9.17) is 16.7 Å². The summed E-state index contributed by atoms with van der Waals surface area (Å²) in [6.07, 6.45) is 2.48. The third-order valence-corrected chi connectivity index (χ3v) is 3.25. The first-order chi connectivity index (χ1) is 10.2. The van der Waals surface area contributed by atoms with E-state index in [0.717, 1.165) is 12.8 Å². The van der Waals surface area contributed by atoms with Gasteiger partial charge in [0.05, 0.1) is 23.4 Å². The summed E-state index contributed by atoms with van der Waals surface area (Å²) < 4.78 is 1.44. The van der Waals surface area contributed by atoms with Crippen LogP contribution in [-0.2, 0) is 0 Å². The van der Waals surface area contributed by atoms with Crippen molar-refractivity contribution in [3.63, 3.8) is 0 Å². The number of nitrogens with two attached hydrogens (primary N) is 2. The molecular formula is C14H18N6O. The number of hydrogen-bond acceptors (Lipinski definition) is 5. The maximum absolute atomic E-state index is 11.9. The van der Waals surface area contributed by atoms with Crippen LogP contribution in [0.25, 0.3) is 5.69 Å². The SMILES string of the molecule is N#Cc1ccc(-n2c(C(N)CCCCN)n[nH]c2=O)cc1. The summed E-state index contributed by atoms with van der Waals surface area (Å²) in [6.45, 7) is 0.621. The Hall–Kier alpha value is -2.43. The molecule has 0 fully saturated rings. The highest BCUT2D eigenvalue weighted by atomic mass is 16.1. The van der Waals surface area contributed by atoms with Gasteiger partial charge in [-0.3, -0.25) is 0 Å². The minimum atomic E-state index is -0.344. The molecule has 1 aromatic heterocycles. The molecule has 0 aliphatic heterocycles. The van der Waals surface area contributed by atoms with Crippen LogP contribution in [0.4, 0.5) is 0 Å². The number of nitriles is 1. The van der Waals surface area contributed by atoms with Gasteiger partial charge in [0, 0.05) is 0 Å². The number of unbranched alkanes of at least 4 members (excludes halogenated alkanes) is 1. The lowest BCUT2D eigenvalue weighted by Gasteiger charge is -2.12. The van der Waals surface area contributed by atoms with E-state index in [2.05, 4.69) is 10.2 Å². The molecule has 21 heavy (non-hydrogen) atoms. The van der Waals surface area contributed by atoms with E-state index in [1.54, 1.807) is 24.3 Å². The predicted molar refractivity (Wildman–Crippen MR) is 78.7 cm³/mol. The molecule has 0 spiro atoms. The quantitative estimate of drug-likeness (QED) is 0.669. The van der Waals surface area contributed by atoms with Gasteiger partial charge in [-0.25, -0.2) is 14.5 Å². The molecule has 7 nitrogen and oxygen atoms in total. The Morgan fingerprint density at radius 1 is 1.33 bits per heavy atom. The number of aromatic nitrogens is 3. The van der Waals surface area contributed by atoms with Crippen LogP contribution in [0, 0.1) is 11.3 Å². The van der Waals surface area contributed by atoms with Gasteiger partial charge < -0.3 is 11.5 Å². The lowest BCUT2D eigenvalue weighted by atomic mass is 10.1. The Balaban J connectivity index is 2.29. The fourth-order valence-corrected chi connectivity index (χ4v) is 2.13. The number of rotatable bonds is 6. The van der Waals surface area contributed by atoms with Crippen LogP contribution < -0.4 is 17.2 Å². The second-order valence-corrected chi connectivity index (χ2v) is 4.77. The summed E-state index contributed by atoms with van der Waals surface area (Å²) >= 11 is 0. The molecule has 0 saturated heterocycles. The topological polar surface area (TPSA) is 127 Å². The first kappa shape index (κ1) is 15.0. The summed E-state index contributed by atoms with van der Waals surface area (Å²) in [5, 5.41) is 15.3. The van der Waals surface area contributed by atoms with Crippen molar-refractivity contribution in [2.45, 2.75) is 25.3 Å². The van der Waals surface area contributed by atoms with Crippen LogP contribution in [0.15, 0.2) is 29.1 Å². The molecule has 1 unspecified atom stereocenters. The fraction of sp³-hybridized carbons (Fsp3) is 0.357. The number of benzene rings is 1. The van der Waals surface area contributed by atoms with Crippen LogP contribution in [0.3, 0.4) is 0 Å². The number of hydrogen-bond donors (Lipinski definition) is 3. The second kappa shape index (κ2) is 6.83. The Kier molecular flexibility index (Phi) is 4.87. The lowest BCUT2D eigenvalue weighted by Crippen LogP contribution is -2.22. The molecule has 0 aliphatic rings. The van der Waals surface area contributed by atoms with Crippen molar-refractivity contribution < 1.29 is 0 Å². The summed E-state index contributed by atoms with van der Waals surface area (Å²) in [7, 11) is 0. The molecule has 1 atom stereocenters. The number of H-pyrrole nitrogens is 1. The average Bonchev–Trinajstić information content (AvgIpc) is 2.89. The number of aromatic amines is 1. The Bertz CT molecular complexity index is 679. The number of nitrogens with one attached hydrogen (secondary N) is 1. The van der Waals surface area contributed by atoms with Crippen molar-refractivity contribution in [3.05, 3.63) is 46.1 Å². The van der Waals surface area contributed by atoms with E-state index < -0.39 is 0 Å². The second-order valence-electron chi connectivity index (χ2n) is 4.77. The van der Waals surface area contributed by atoms with Gasteiger partial charge in [-0.2, -0.15) is 10.4 Å². The molecule has 0 saturated carbocycles. The highest BCUT2D eigenvalue weighted by Gasteiger charge is 2.17. The van der Waals surface area contributed by atoms with E-state index >= 15 is 0 Å². The maximum Gasteiger partial charge on any atom is 0.347 e. The van der Waals surface area contributed by atoms with Gasteiger partial charge in [-0.1, -0.05) is 6.42 Å². The maximum atomic E-state index is 11.9. The largest absolute Gasteiger partial charge is 0.347 e. The van der Waals surface area contributed by atoms with Crippen molar-refractivity contribution in [3.8, 4) is 11.8 Å². The van der Waals surface area contributed by atoms with E-state index in [0.29, 0.717) is 30.0 Å². The summed E-state index contributed by atoms with van der Waals surface area (Å²) in [5.41, 5.74) is 12.4. The standard InChI is InChI=1S/C14H18N6O/c15-8-2-1-3-12(17)13-18-19-14(21)20(13)11-6-4-10(9-16)5-7-11/h4-7,12H,1-3,8,15,17H2,(H,19,21). The van der Waals surface area contributed by atoms with Crippen LogP contribution in [0.5, 0.6) is 0 Å². The van der Waals surface area contributed by atoms with Crippen LogP contribution in [0.1, 0.15) is 36.7 Å². The number of nitrogens with zero attached hydrogens (tertiary/aromatic N) is 3. The summed E-state index contributed by atoms with van der Waals surface area (Å²) in [5.74, 6) is 0.488. The summed E-state index contributed by atoms with van der Waals surface area (Å²) in [6, 6.07) is 8.40. The fourth-order valence-electron chi connectivity index (χ4n) is 2.13. The Morgan fingerprint density at radius 3 is 2.67 bits per heavy atom. The third kappa shape index (κ3) is 3.37. The molecule has 2 rings (SSSR count). The van der Waals surface area contributed by atoms with Crippen molar-refractivity contribution in [1.82, 2.24) is 14.8 Å². The zero-order valence-electron chi connectivity index (χ0n) is 11.6. The van der Waals surface area contributed by atoms with Crippen LogP contribution >= 0.6 is 0 Å². The minimum absolute atomic E-state index is 0.342. The molecule has 1 heterocycles. The molecule has 110 valence electrons. The molecule has 2 aromatic rings. The van der Waals surface area contributed by atoms with E-state index in [-0.39, 0.29) is 11.7 Å². The molecule has 0 aliphatic carbocycles. The van der Waals surface area contributed by atoms with Gasteiger partial charge >= 0.3 is 5.69 Å². The van der Waals surface area contributed by atoms with E-state index in [9.17, 15) is 4.79 Å². The first-order valence-electron chi connectivity index (χ1n) is 6.81. The van der Waals surface area contributed by atoms with Gasteiger partial charge in [0.15, 0.2) is 5.82 Å². The van der Waals surface area contributed by atoms with Crippen LogP contribution in [-0.4, -0.2) is 21.3 Å². The van der Waals surface area contributed by atoms with E-state index in [1.165, 1.54) is 4.57 Å². The highest BCUT2D eigenvalue weighted by molar-refractivity contribution is 5.39. The smallest absolute Gasteiger partial charge is 0.330 e. The van der Waals surface area contributed by atoms with Gasteiger partial charge in [0.25, 0.3) is 0 Å². The summed E-state index contributed by atoms with van der Waals surface area (Å²) in [4.78, 5) is 11.9. The van der Waals surface area contributed by atoms with Crippen molar-refractivity contribution in [2.24, 2.45) is 11.5 Å². The normalized spacial score (nSPS) is 12.0. The van der Waals surface area contributed by atoms with Gasteiger partial charge in [0.1, 0.15) is 0 Å². The molecule has 5 N–H and O–H groups in total. The van der Waals surface area contributed by atoms with Gasteiger partial charge in [0.2, 0.25) is 0 Å². The minimum Gasteiger partial charge on any atom is -0.330 e. The molecular weight excluding hydrogens is 268 g/mol.